The van der Waals surface area contributed by atoms with Gasteiger partial charge in [-0.25, -0.2) is 4.98 Å². The monoisotopic (exact) mass is 372 g/mol. The molecule has 0 fully saturated rings. The standard InChI is InChI=1S/C18H16N4OS.ClH/c19-11-17(23)22-18-21-16(12-24-18)15-3-1-2-14(10-15)5-4-13-6-8-20-9-7-13;/h1-10,12H,11,19H2,(H,21,22,23);1H. The highest BCUT2D eigenvalue weighted by atomic mass is 35.5. The van der Waals surface area contributed by atoms with Crippen molar-refractivity contribution in [3.8, 4) is 11.3 Å². The molecular formula is C18H17ClN4OS. The van der Waals surface area contributed by atoms with Gasteiger partial charge in [0.15, 0.2) is 5.13 Å². The summed E-state index contributed by atoms with van der Waals surface area (Å²) in [5.74, 6) is -0.245. The van der Waals surface area contributed by atoms with Crippen LogP contribution in [0.5, 0.6) is 0 Å². The molecule has 0 saturated heterocycles. The quantitative estimate of drug-likeness (QED) is 0.715. The zero-order chi connectivity index (χ0) is 16.8. The first-order valence-corrected chi connectivity index (χ1v) is 8.26. The first kappa shape index (κ1) is 18.8. The van der Waals surface area contributed by atoms with E-state index >= 15 is 0 Å². The Kier molecular flexibility index (Phi) is 6.82. The van der Waals surface area contributed by atoms with Gasteiger partial charge >= 0.3 is 0 Å². The number of hydrogen-bond acceptors (Lipinski definition) is 5. The minimum absolute atomic E-state index is 0. The highest BCUT2D eigenvalue weighted by molar-refractivity contribution is 7.14. The number of amides is 1. The predicted molar refractivity (Wildman–Crippen MR) is 106 cm³/mol. The number of pyridine rings is 1. The van der Waals surface area contributed by atoms with E-state index in [0.29, 0.717) is 5.13 Å². The molecule has 3 aromatic rings. The molecule has 3 rings (SSSR count). The van der Waals surface area contributed by atoms with E-state index < -0.39 is 0 Å². The summed E-state index contributed by atoms with van der Waals surface area (Å²) >= 11 is 1.38. The number of hydrogen-bond donors (Lipinski definition) is 2. The van der Waals surface area contributed by atoms with Crippen molar-refractivity contribution in [2.24, 2.45) is 5.73 Å². The minimum Gasteiger partial charge on any atom is -0.322 e. The van der Waals surface area contributed by atoms with Gasteiger partial charge in [0.05, 0.1) is 12.2 Å². The van der Waals surface area contributed by atoms with Gasteiger partial charge in [0.25, 0.3) is 0 Å². The first-order chi connectivity index (χ1) is 11.7. The van der Waals surface area contributed by atoms with Gasteiger partial charge in [0.1, 0.15) is 0 Å². The zero-order valence-electron chi connectivity index (χ0n) is 13.3. The van der Waals surface area contributed by atoms with E-state index in [9.17, 15) is 4.79 Å². The summed E-state index contributed by atoms with van der Waals surface area (Å²) < 4.78 is 0. The summed E-state index contributed by atoms with van der Waals surface area (Å²) in [6.07, 6.45) is 7.61. The van der Waals surface area contributed by atoms with E-state index in [1.54, 1.807) is 12.4 Å². The molecule has 0 spiro atoms. The molecule has 128 valence electrons. The summed E-state index contributed by atoms with van der Waals surface area (Å²) in [5, 5.41) is 5.13. The van der Waals surface area contributed by atoms with Crippen molar-refractivity contribution in [2.75, 3.05) is 11.9 Å². The molecule has 0 unspecified atom stereocenters. The fourth-order valence-corrected chi connectivity index (χ4v) is 2.84. The van der Waals surface area contributed by atoms with E-state index in [-0.39, 0.29) is 24.9 Å². The number of nitrogens with two attached hydrogens (primary N) is 1. The Morgan fingerprint density at radius 1 is 1.16 bits per heavy atom. The van der Waals surface area contributed by atoms with Gasteiger partial charge < -0.3 is 11.1 Å². The third-order valence-corrected chi connectivity index (χ3v) is 4.05. The average molecular weight is 373 g/mol. The first-order valence-electron chi connectivity index (χ1n) is 7.38. The zero-order valence-corrected chi connectivity index (χ0v) is 14.9. The molecule has 0 aliphatic rings. The molecular weight excluding hydrogens is 356 g/mol. The second-order valence-electron chi connectivity index (χ2n) is 5.03. The lowest BCUT2D eigenvalue weighted by Crippen LogP contribution is -2.21. The Hall–Kier alpha value is -2.54. The van der Waals surface area contributed by atoms with Gasteiger partial charge in [0.2, 0.25) is 5.91 Å². The Morgan fingerprint density at radius 2 is 1.92 bits per heavy atom. The minimum atomic E-state index is -0.245. The number of benzene rings is 1. The fraction of sp³-hybridized carbons (Fsp3) is 0.0556. The number of halogens is 1. The number of carbonyl (C=O) groups is 1. The molecule has 25 heavy (non-hydrogen) atoms. The van der Waals surface area contributed by atoms with Crippen LogP contribution in [0.1, 0.15) is 11.1 Å². The van der Waals surface area contributed by atoms with Crippen LogP contribution in [0.25, 0.3) is 23.4 Å². The SMILES string of the molecule is Cl.NCC(=O)Nc1nc(-c2cccc(C=Cc3ccncc3)c2)cs1. The second kappa shape index (κ2) is 9.08. The molecule has 5 nitrogen and oxygen atoms in total. The van der Waals surface area contributed by atoms with Gasteiger partial charge in [-0.15, -0.1) is 23.7 Å². The number of aromatic nitrogens is 2. The topological polar surface area (TPSA) is 80.9 Å². The van der Waals surface area contributed by atoms with Crippen molar-refractivity contribution < 1.29 is 4.79 Å². The smallest absolute Gasteiger partial charge is 0.239 e. The number of nitrogens with zero attached hydrogens (tertiary/aromatic N) is 2. The largest absolute Gasteiger partial charge is 0.322 e. The van der Waals surface area contributed by atoms with Crippen molar-refractivity contribution in [3.05, 3.63) is 65.3 Å². The van der Waals surface area contributed by atoms with Gasteiger partial charge in [-0.05, 0) is 29.3 Å². The summed E-state index contributed by atoms with van der Waals surface area (Å²) in [5.41, 5.74) is 9.28. The van der Waals surface area contributed by atoms with Crippen molar-refractivity contribution in [1.29, 1.82) is 0 Å². The highest BCUT2D eigenvalue weighted by Gasteiger charge is 2.07. The van der Waals surface area contributed by atoms with Crippen LogP contribution in [-0.2, 0) is 4.79 Å². The number of rotatable bonds is 5. The van der Waals surface area contributed by atoms with E-state index in [1.165, 1.54) is 11.3 Å². The number of nitrogens with one attached hydrogen (secondary N) is 1. The van der Waals surface area contributed by atoms with Gasteiger partial charge in [-0.3, -0.25) is 9.78 Å². The molecule has 7 heteroatoms. The maximum atomic E-state index is 11.3. The highest BCUT2D eigenvalue weighted by Crippen LogP contribution is 2.26. The number of carbonyl (C=O) groups excluding carboxylic acids is 1. The van der Waals surface area contributed by atoms with Crippen molar-refractivity contribution in [1.82, 2.24) is 9.97 Å². The lowest BCUT2D eigenvalue weighted by Gasteiger charge is -2.00. The summed E-state index contributed by atoms with van der Waals surface area (Å²) in [4.78, 5) is 19.7. The third kappa shape index (κ3) is 5.22. The predicted octanol–water partition coefficient (Wildman–Crippen LogP) is 3.69. The van der Waals surface area contributed by atoms with Crippen LogP contribution in [0.2, 0.25) is 0 Å². The van der Waals surface area contributed by atoms with Crippen LogP contribution >= 0.6 is 23.7 Å². The van der Waals surface area contributed by atoms with Crippen molar-refractivity contribution in [2.45, 2.75) is 0 Å². The molecule has 3 N–H and O–H groups in total. The maximum absolute atomic E-state index is 11.3. The second-order valence-corrected chi connectivity index (χ2v) is 5.89. The van der Waals surface area contributed by atoms with Crippen LogP contribution in [0.4, 0.5) is 5.13 Å². The van der Waals surface area contributed by atoms with Gasteiger partial charge in [-0.2, -0.15) is 0 Å². The molecule has 0 bridgehead atoms. The molecule has 1 aromatic carbocycles. The molecule has 0 aliphatic carbocycles. The molecule has 0 aliphatic heterocycles. The molecule has 0 radical (unpaired) electrons. The van der Waals surface area contributed by atoms with Crippen molar-refractivity contribution >= 4 is 46.9 Å². The molecule has 2 heterocycles. The van der Waals surface area contributed by atoms with Crippen LogP contribution in [-0.4, -0.2) is 22.4 Å². The Bertz CT molecular complexity index is 864. The van der Waals surface area contributed by atoms with E-state index in [2.05, 4.69) is 21.4 Å². The molecule has 0 saturated carbocycles. The van der Waals surface area contributed by atoms with Crippen LogP contribution in [0.3, 0.4) is 0 Å². The molecule has 0 atom stereocenters. The third-order valence-electron chi connectivity index (χ3n) is 3.29. The summed E-state index contributed by atoms with van der Waals surface area (Å²) in [6, 6.07) is 12.0. The number of anilines is 1. The fourth-order valence-electron chi connectivity index (χ4n) is 2.10. The Labute approximate surface area is 156 Å². The summed E-state index contributed by atoms with van der Waals surface area (Å²) in [6.45, 7) is -0.0514. The Balaban J connectivity index is 0.00000225. The van der Waals surface area contributed by atoms with Gasteiger partial charge in [-0.1, -0.05) is 30.4 Å². The normalized spacial score (nSPS) is 10.4. The molecule has 2 aromatic heterocycles. The van der Waals surface area contributed by atoms with Crippen LogP contribution < -0.4 is 11.1 Å². The Morgan fingerprint density at radius 3 is 2.68 bits per heavy atom. The van der Waals surface area contributed by atoms with Crippen molar-refractivity contribution in [3.63, 3.8) is 0 Å². The van der Waals surface area contributed by atoms with Gasteiger partial charge in [0, 0.05) is 23.3 Å². The van der Waals surface area contributed by atoms with E-state index in [4.69, 9.17) is 5.73 Å². The molecule has 1 amide bonds. The van der Waals surface area contributed by atoms with E-state index in [1.807, 2.05) is 47.9 Å². The maximum Gasteiger partial charge on any atom is 0.239 e. The van der Waals surface area contributed by atoms with Crippen LogP contribution in [0.15, 0.2) is 54.2 Å². The lowest BCUT2D eigenvalue weighted by molar-refractivity contribution is -0.114. The summed E-state index contributed by atoms with van der Waals surface area (Å²) in [7, 11) is 0. The van der Waals surface area contributed by atoms with E-state index in [0.717, 1.165) is 22.4 Å². The lowest BCUT2D eigenvalue weighted by atomic mass is 10.1. The number of thiazole rings is 1. The van der Waals surface area contributed by atoms with Crippen LogP contribution in [0, 0.1) is 0 Å². The average Bonchev–Trinajstić information content (AvgIpc) is 3.09.